The summed E-state index contributed by atoms with van der Waals surface area (Å²) >= 11 is 0. The fraction of sp³-hybridized carbons (Fsp3) is 0.357. The highest BCUT2D eigenvalue weighted by Gasteiger charge is 2.20. The van der Waals surface area contributed by atoms with Gasteiger partial charge in [0.2, 0.25) is 11.9 Å². The number of hydrogen-bond acceptors (Lipinski definition) is 5. The van der Waals surface area contributed by atoms with Crippen LogP contribution >= 0.6 is 0 Å². The summed E-state index contributed by atoms with van der Waals surface area (Å²) < 4.78 is 12.7. The topological polar surface area (TPSA) is 76.7 Å². The van der Waals surface area contributed by atoms with E-state index in [0.29, 0.717) is 5.95 Å². The van der Waals surface area contributed by atoms with Gasteiger partial charge in [-0.2, -0.15) is 15.0 Å². The Hall–Kier alpha value is -2.24. The minimum atomic E-state index is -0.747. The van der Waals surface area contributed by atoms with E-state index in [0.717, 1.165) is 19.3 Å². The maximum absolute atomic E-state index is 12.7. The van der Waals surface area contributed by atoms with E-state index in [1.807, 2.05) is 12.1 Å². The van der Waals surface area contributed by atoms with Crippen molar-refractivity contribution < 1.29 is 4.39 Å². The van der Waals surface area contributed by atoms with E-state index in [2.05, 4.69) is 32.4 Å². The van der Waals surface area contributed by atoms with Gasteiger partial charge in [-0.3, -0.25) is 0 Å². The molecule has 1 heterocycles. The summed E-state index contributed by atoms with van der Waals surface area (Å²) in [5.41, 5.74) is 8.15. The molecular weight excluding hydrogens is 257 g/mol. The highest BCUT2D eigenvalue weighted by Crippen LogP contribution is 2.31. The van der Waals surface area contributed by atoms with Crippen molar-refractivity contribution in [3.63, 3.8) is 0 Å². The number of hydrogen-bond donors (Lipinski definition) is 2. The minimum absolute atomic E-state index is 0.0410. The standard InChI is InChI=1S/C14H16FN5/c15-8-12-18-13(16)20-14(19-12)17-11-7-3-5-9-4-1-2-6-10(9)11/h1-2,4,6,11H,3,5,7-8H2,(H3,16,17,18,19,20). The van der Waals surface area contributed by atoms with E-state index >= 15 is 0 Å². The quantitative estimate of drug-likeness (QED) is 0.898. The van der Waals surface area contributed by atoms with Gasteiger partial charge in [0.15, 0.2) is 5.82 Å². The number of anilines is 2. The Balaban J connectivity index is 1.87. The van der Waals surface area contributed by atoms with Crippen LogP contribution in [0.15, 0.2) is 24.3 Å². The van der Waals surface area contributed by atoms with Crippen LogP contribution in [0.3, 0.4) is 0 Å². The lowest BCUT2D eigenvalue weighted by molar-refractivity contribution is 0.464. The normalized spacial score (nSPS) is 17.6. The molecule has 0 spiro atoms. The molecule has 3 rings (SSSR count). The molecule has 6 heteroatoms. The second-order valence-corrected chi connectivity index (χ2v) is 4.86. The van der Waals surface area contributed by atoms with Gasteiger partial charge in [0, 0.05) is 0 Å². The highest BCUT2D eigenvalue weighted by molar-refractivity contribution is 5.40. The average molecular weight is 273 g/mol. The van der Waals surface area contributed by atoms with Crippen molar-refractivity contribution in [1.82, 2.24) is 15.0 Å². The molecule has 0 radical (unpaired) electrons. The van der Waals surface area contributed by atoms with E-state index in [-0.39, 0.29) is 17.8 Å². The summed E-state index contributed by atoms with van der Waals surface area (Å²) in [5, 5.41) is 3.24. The third-order valence-corrected chi connectivity index (χ3v) is 3.49. The zero-order valence-electron chi connectivity index (χ0n) is 11.0. The van der Waals surface area contributed by atoms with E-state index in [4.69, 9.17) is 5.73 Å². The minimum Gasteiger partial charge on any atom is -0.368 e. The second kappa shape index (κ2) is 5.40. The lowest BCUT2D eigenvalue weighted by Gasteiger charge is -2.26. The number of aromatic nitrogens is 3. The number of aryl methyl sites for hydroxylation is 1. The molecule has 1 aromatic carbocycles. The van der Waals surface area contributed by atoms with Crippen molar-refractivity contribution >= 4 is 11.9 Å². The second-order valence-electron chi connectivity index (χ2n) is 4.86. The lowest BCUT2D eigenvalue weighted by Crippen LogP contribution is -2.19. The molecular formula is C14H16FN5. The summed E-state index contributed by atoms with van der Waals surface area (Å²) in [4.78, 5) is 11.8. The molecule has 2 aromatic rings. The van der Waals surface area contributed by atoms with Crippen molar-refractivity contribution in [3.8, 4) is 0 Å². The first-order chi connectivity index (χ1) is 9.76. The molecule has 20 heavy (non-hydrogen) atoms. The molecule has 0 aliphatic heterocycles. The largest absolute Gasteiger partial charge is 0.368 e. The van der Waals surface area contributed by atoms with Crippen molar-refractivity contribution in [2.24, 2.45) is 0 Å². The van der Waals surface area contributed by atoms with Crippen LogP contribution in [0.1, 0.15) is 35.8 Å². The zero-order valence-corrected chi connectivity index (χ0v) is 11.0. The Bertz CT molecular complexity index is 616. The molecule has 5 nitrogen and oxygen atoms in total. The predicted molar refractivity (Wildman–Crippen MR) is 74.8 cm³/mol. The number of fused-ring (bicyclic) bond motifs is 1. The molecule has 0 saturated carbocycles. The van der Waals surface area contributed by atoms with Crippen LogP contribution in [0, 0.1) is 0 Å². The predicted octanol–water partition coefficient (Wildman–Crippen LogP) is 2.41. The van der Waals surface area contributed by atoms with Gasteiger partial charge in [-0.05, 0) is 30.4 Å². The number of benzene rings is 1. The first-order valence-electron chi connectivity index (χ1n) is 6.67. The molecule has 1 unspecified atom stereocenters. The summed E-state index contributed by atoms with van der Waals surface area (Å²) in [5.74, 6) is 0.440. The molecule has 0 fully saturated rings. The first kappa shape index (κ1) is 12.8. The number of halogens is 1. The number of alkyl halides is 1. The SMILES string of the molecule is Nc1nc(CF)nc(NC2CCCc3ccccc32)n1. The van der Waals surface area contributed by atoms with E-state index in [9.17, 15) is 4.39 Å². The zero-order chi connectivity index (χ0) is 13.9. The van der Waals surface area contributed by atoms with E-state index < -0.39 is 6.67 Å². The fourth-order valence-corrected chi connectivity index (χ4v) is 2.62. The van der Waals surface area contributed by atoms with Crippen LogP contribution in [0.2, 0.25) is 0 Å². The van der Waals surface area contributed by atoms with Gasteiger partial charge in [-0.25, -0.2) is 4.39 Å². The van der Waals surface area contributed by atoms with E-state index in [1.165, 1.54) is 11.1 Å². The molecule has 1 aliphatic carbocycles. The lowest BCUT2D eigenvalue weighted by atomic mass is 9.88. The number of nitrogens with two attached hydrogens (primary N) is 1. The number of nitrogens with zero attached hydrogens (tertiary/aromatic N) is 3. The molecule has 0 saturated heterocycles. The van der Waals surface area contributed by atoms with Crippen LogP contribution in [-0.4, -0.2) is 15.0 Å². The Morgan fingerprint density at radius 2 is 2.10 bits per heavy atom. The molecule has 3 N–H and O–H groups in total. The third-order valence-electron chi connectivity index (χ3n) is 3.49. The molecule has 104 valence electrons. The van der Waals surface area contributed by atoms with Gasteiger partial charge in [0.1, 0.15) is 6.67 Å². The van der Waals surface area contributed by atoms with Crippen molar-refractivity contribution in [3.05, 3.63) is 41.2 Å². The monoisotopic (exact) mass is 273 g/mol. The van der Waals surface area contributed by atoms with E-state index in [1.54, 1.807) is 0 Å². The van der Waals surface area contributed by atoms with Gasteiger partial charge >= 0.3 is 0 Å². The molecule has 1 atom stereocenters. The maximum atomic E-state index is 12.7. The first-order valence-corrected chi connectivity index (χ1v) is 6.67. The summed E-state index contributed by atoms with van der Waals surface area (Å²) in [6.45, 7) is -0.747. The summed E-state index contributed by atoms with van der Waals surface area (Å²) in [6, 6.07) is 8.44. The van der Waals surface area contributed by atoms with Crippen LogP contribution < -0.4 is 11.1 Å². The van der Waals surface area contributed by atoms with Gasteiger partial charge in [0.05, 0.1) is 6.04 Å². The number of nitrogens with one attached hydrogen (secondary N) is 1. The number of rotatable bonds is 3. The summed E-state index contributed by atoms with van der Waals surface area (Å²) in [7, 11) is 0. The Morgan fingerprint density at radius 1 is 1.25 bits per heavy atom. The van der Waals surface area contributed by atoms with Crippen molar-refractivity contribution in [1.29, 1.82) is 0 Å². The van der Waals surface area contributed by atoms with Crippen LogP contribution in [0.5, 0.6) is 0 Å². The van der Waals surface area contributed by atoms with Crippen LogP contribution in [-0.2, 0) is 13.1 Å². The fourth-order valence-electron chi connectivity index (χ4n) is 2.62. The van der Waals surface area contributed by atoms with Crippen molar-refractivity contribution in [2.45, 2.75) is 32.0 Å². The molecule has 0 bridgehead atoms. The average Bonchev–Trinajstić information content (AvgIpc) is 2.47. The van der Waals surface area contributed by atoms with Gasteiger partial charge in [0.25, 0.3) is 0 Å². The number of nitrogen functional groups attached to an aromatic ring is 1. The maximum Gasteiger partial charge on any atom is 0.228 e. The van der Waals surface area contributed by atoms with Gasteiger partial charge in [-0.1, -0.05) is 24.3 Å². The van der Waals surface area contributed by atoms with Crippen LogP contribution in [0.4, 0.5) is 16.3 Å². The smallest absolute Gasteiger partial charge is 0.228 e. The Morgan fingerprint density at radius 3 is 2.95 bits per heavy atom. The Labute approximate surface area is 116 Å². The highest BCUT2D eigenvalue weighted by atomic mass is 19.1. The van der Waals surface area contributed by atoms with Crippen molar-refractivity contribution in [2.75, 3.05) is 11.1 Å². The third kappa shape index (κ3) is 2.54. The van der Waals surface area contributed by atoms with Gasteiger partial charge in [-0.15, -0.1) is 0 Å². The molecule has 1 aliphatic rings. The van der Waals surface area contributed by atoms with Gasteiger partial charge < -0.3 is 11.1 Å². The van der Waals surface area contributed by atoms with Crippen LogP contribution in [0.25, 0.3) is 0 Å². The molecule has 0 amide bonds. The molecule has 1 aromatic heterocycles. The Kier molecular flexibility index (Phi) is 3.45. The summed E-state index contributed by atoms with van der Waals surface area (Å²) in [6.07, 6.45) is 3.18.